The lowest BCUT2D eigenvalue weighted by atomic mass is 10.1. The Morgan fingerprint density at radius 3 is 2.59 bits per heavy atom. The fourth-order valence-corrected chi connectivity index (χ4v) is 3.74. The highest BCUT2D eigenvalue weighted by molar-refractivity contribution is 6.00. The molecule has 7 nitrogen and oxygen atoms in total. The van der Waals surface area contributed by atoms with Gasteiger partial charge in [0.05, 0.1) is 18.7 Å². The number of carboxylic acid groups (broad SMARTS) is 1. The van der Waals surface area contributed by atoms with Gasteiger partial charge in [-0.3, -0.25) is 9.59 Å². The van der Waals surface area contributed by atoms with Gasteiger partial charge < -0.3 is 24.3 Å². The van der Waals surface area contributed by atoms with E-state index in [2.05, 4.69) is 0 Å². The zero-order chi connectivity index (χ0) is 22.9. The maximum Gasteiger partial charge on any atom is 0.307 e. The van der Waals surface area contributed by atoms with E-state index in [1.165, 1.54) is 0 Å². The molecule has 3 rings (SSSR count). The summed E-state index contributed by atoms with van der Waals surface area (Å²) in [4.78, 5) is 37.1. The molecule has 1 heterocycles. The predicted octanol–water partition coefficient (Wildman–Crippen LogP) is 4.03. The lowest BCUT2D eigenvalue weighted by Gasteiger charge is -2.34. The van der Waals surface area contributed by atoms with E-state index in [-0.39, 0.29) is 24.7 Å². The van der Waals surface area contributed by atoms with Crippen molar-refractivity contribution in [2.75, 3.05) is 18.1 Å². The second-order valence-corrected chi connectivity index (χ2v) is 7.89. The molecule has 2 aromatic rings. The summed E-state index contributed by atoms with van der Waals surface area (Å²) in [5.74, 6) is 0.302. The number of nitrogens with zero attached hydrogens (tertiary/aromatic N) is 1. The SMILES string of the molecule is CC(=O)CCCCCN1C(=O)C(CCOc2ccccc2CC(=O)O)Oc2ccccc21. The van der Waals surface area contributed by atoms with Gasteiger partial charge in [0.15, 0.2) is 6.10 Å². The summed E-state index contributed by atoms with van der Waals surface area (Å²) < 4.78 is 11.8. The first-order valence-electron chi connectivity index (χ1n) is 10.9. The summed E-state index contributed by atoms with van der Waals surface area (Å²) in [7, 11) is 0. The van der Waals surface area contributed by atoms with E-state index in [1.807, 2.05) is 24.3 Å². The van der Waals surface area contributed by atoms with Crippen LogP contribution in [0.2, 0.25) is 0 Å². The predicted molar refractivity (Wildman–Crippen MR) is 120 cm³/mol. The van der Waals surface area contributed by atoms with Gasteiger partial charge in [-0.1, -0.05) is 36.8 Å². The summed E-state index contributed by atoms with van der Waals surface area (Å²) in [6.45, 7) is 2.38. The highest BCUT2D eigenvalue weighted by Crippen LogP contribution is 2.34. The number of ketones is 1. The van der Waals surface area contributed by atoms with Crippen molar-refractivity contribution in [1.29, 1.82) is 0 Å². The van der Waals surface area contributed by atoms with Crippen LogP contribution in [-0.4, -0.2) is 42.0 Å². The van der Waals surface area contributed by atoms with E-state index in [1.54, 1.807) is 36.1 Å². The largest absolute Gasteiger partial charge is 0.493 e. The Bertz CT molecular complexity index is 957. The third-order valence-corrected chi connectivity index (χ3v) is 5.33. The quantitative estimate of drug-likeness (QED) is 0.502. The highest BCUT2D eigenvalue weighted by Gasteiger charge is 2.33. The first-order valence-corrected chi connectivity index (χ1v) is 10.9. The smallest absolute Gasteiger partial charge is 0.307 e. The van der Waals surface area contributed by atoms with Crippen molar-refractivity contribution >= 4 is 23.3 Å². The first kappa shape index (κ1) is 23.3. The van der Waals surface area contributed by atoms with Gasteiger partial charge in [0.25, 0.3) is 5.91 Å². The number of unbranched alkanes of at least 4 members (excludes halogenated alkanes) is 2. The number of ether oxygens (including phenoxy) is 2. The van der Waals surface area contributed by atoms with Crippen LogP contribution in [0, 0.1) is 0 Å². The Labute approximate surface area is 187 Å². The van der Waals surface area contributed by atoms with Crippen molar-refractivity contribution in [3.8, 4) is 11.5 Å². The first-order chi connectivity index (χ1) is 15.5. The Morgan fingerprint density at radius 1 is 1.06 bits per heavy atom. The molecular formula is C25H29NO6. The number of benzene rings is 2. The molecule has 7 heteroatoms. The van der Waals surface area contributed by atoms with Crippen LogP contribution in [0.3, 0.4) is 0 Å². The van der Waals surface area contributed by atoms with Gasteiger partial charge in [-0.2, -0.15) is 0 Å². The molecule has 32 heavy (non-hydrogen) atoms. The molecule has 1 aliphatic rings. The van der Waals surface area contributed by atoms with Gasteiger partial charge >= 0.3 is 5.97 Å². The number of para-hydroxylation sites is 3. The minimum atomic E-state index is -0.928. The van der Waals surface area contributed by atoms with Gasteiger partial charge in [0, 0.05) is 24.9 Å². The number of carboxylic acids is 1. The molecule has 2 aromatic carbocycles. The van der Waals surface area contributed by atoms with Crippen molar-refractivity contribution in [1.82, 2.24) is 0 Å². The summed E-state index contributed by atoms with van der Waals surface area (Å²) in [5, 5.41) is 9.07. The molecule has 1 aliphatic heterocycles. The molecule has 0 saturated heterocycles. The normalized spacial score (nSPS) is 15.1. The van der Waals surface area contributed by atoms with Crippen molar-refractivity contribution in [3.05, 3.63) is 54.1 Å². The van der Waals surface area contributed by atoms with Crippen LogP contribution in [0.4, 0.5) is 5.69 Å². The number of hydrogen-bond donors (Lipinski definition) is 1. The minimum absolute atomic E-state index is 0.113. The zero-order valence-corrected chi connectivity index (χ0v) is 18.3. The Hall–Kier alpha value is -3.35. The van der Waals surface area contributed by atoms with Gasteiger partial charge in [-0.25, -0.2) is 0 Å². The average molecular weight is 440 g/mol. The molecule has 1 atom stereocenters. The van der Waals surface area contributed by atoms with Crippen LogP contribution in [0.15, 0.2) is 48.5 Å². The zero-order valence-electron chi connectivity index (χ0n) is 18.3. The molecule has 170 valence electrons. The van der Waals surface area contributed by atoms with E-state index in [0.717, 1.165) is 24.9 Å². The number of carbonyl (C=O) groups is 3. The maximum atomic E-state index is 13.1. The van der Waals surface area contributed by atoms with E-state index in [4.69, 9.17) is 14.6 Å². The Balaban J connectivity index is 1.61. The molecule has 0 spiro atoms. The van der Waals surface area contributed by atoms with Gasteiger partial charge in [0.1, 0.15) is 17.3 Å². The van der Waals surface area contributed by atoms with Crippen LogP contribution in [-0.2, 0) is 20.8 Å². The fraction of sp³-hybridized carbons (Fsp3) is 0.400. The average Bonchev–Trinajstić information content (AvgIpc) is 2.76. The third-order valence-electron chi connectivity index (χ3n) is 5.33. The Kier molecular flexibility index (Phi) is 8.25. The lowest BCUT2D eigenvalue weighted by Crippen LogP contribution is -2.47. The minimum Gasteiger partial charge on any atom is -0.493 e. The fourth-order valence-electron chi connectivity index (χ4n) is 3.74. The van der Waals surface area contributed by atoms with Gasteiger partial charge in [0.2, 0.25) is 0 Å². The second-order valence-electron chi connectivity index (χ2n) is 7.89. The van der Waals surface area contributed by atoms with Crippen LogP contribution < -0.4 is 14.4 Å². The highest BCUT2D eigenvalue weighted by atomic mass is 16.5. The van der Waals surface area contributed by atoms with Crippen LogP contribution in [0.1, 0.15) is 44.6 Å². The molecule has 0 bridgehead atoms. The topological polar surface area (TPSA) is 93.1 Å². The number of fused-ring (bicyclic) bond motifs is 1. The van der Waals surface area contributed by atoms with Crippen molar-refractivity contribution in [2.24, 2.45) is 0 Å². The van der Waals surface area contributed by atoms with Crippen molar-refractivity contribution in [2.45, 2.75) is 51.6 Å². The van der Waals surface area contributed by atoms with E-state index in [9.17, 15) is 14.4 Å². The Morgan fingerprint density at radius 2 is 1.81 bits per heavy atom. The molecule has 1 unspecified atom stereocenters. The van der Waals surface area contributed by atoms with E-state index < -0.39 is 12.1 Å². The lowest BCUT2D eigenvalue weighted by molar-refractivity contribution is -0.136. The monoisotopic (exact) mass is 439 g/mol. The molecular weight excluding hydrogens is 410 g/mol. The number of hydrogen-bond acceptors (Lipinski definition) is 5. The van der Waals surface area contributed by atoms with E-state index >= 15 is 0 Å². The molecule has 1 N–H and O–H groups in total. The molecule has 0 aliphatic carbocycles. The summed E-state index contributed by atoms with van der Waals surface area (Å²) in [5.41, 5.74) is 1.35. The molecule has 0 aromatic heterocycles. The second kappa shape index (κ2) is 11.3. The number of anilines is 1. The summed E-state index contributed by atoms with van der Waals surface area (Å²) in [6, 6.07) is 14.5. The number of amides is 1. The van der Waals surface area contributed by atoms with Crippen molar-refractivity contribution < 1.29 is 29.0 Å². The van der Waals surface area contributed by atoms with Gasteiger partial charge in [-0.15, -0.1) is 0 Å². The number of carbonyl (C=O) groups excluding carboxylic acids is 2. The molecule has 0 fully saturated rings. The molecule has 0 saturated carbocycles. The third kappa shape index (κ3) is 6.33. The van der Waals surface area contributed by atoms with E-state index in [0.29, 0.717) is 36.4 Å². The number of aliphatic carboxylic acids is 1. The number of rotatable bonds is 12. The number of Topliss-reactive ketones (excluding diaryl/α,β-unsaturated/α-hetero) is 1. The maximum absolute atomic E-state index is 13.1. The van der Waals surface area contributed by atoms with Crippen LogP contribution in [0.25, 0.3) is 0 Å². The van der Waals surface area contributed by atoms with Crippen LogP contribution >= 0.6 is 0 Å². The van der Waals surface area contributed by atoms with Crippen molar-refractivity contribution in [3.63, 3.8) is 0 Å². The van der Waals surface area contributed by atoms with Gasteiger partial charge in [-0.05, 0) is 38.0 Å². The summed E-state index contributed by atoms with van der Waals surface area (Å²) >= 11 is 0. The molecule has 1 amide bonds. The molecule has 0 radical (unpaired) electrons. The standard InChI is InChI=1S/C25H29NO6/c1-18(27)9-3-2-8-15-26-20-11-5-7-13-22(20)32-23(25(26)30)14-16-31-21-12-6-4-10-19(21)17-24(28)29/h4-7,10-13,23H,2-3,8-9,14-17H2,1H3,(H,28,29). The summed E-state index contributed by atoms with van der Waals surface area (Å²) in [6.07, 6.45) is 2.61. The van der Waals surface area contributed by atoms with Crippen LogP contribution in [0.5, 0.6) is 11.5 Å².